The third-order valence-electron chi connectivity index (χ3n) is 3.53. The van der Waals surface area contributed by atoms with E-state index in [1.54, 1.807) is 20.2 Å². The lowest BCUT2D eigenvalue weighted by atomic mass is 10.2. The molecule has 0 atom stereocenters. The molecule has 1 amide bonds. The zero-order valence-corrected chi connectivity index (χ0v) is 15.2. The van der Waals surface area contributed by atoms with Gasteiger partial charge in [-0.3, -0.25) is 4.79 Å². The lowest BCUT2D eigenvalue weighted by molar-refractivity contribution is -0.114. The summed E-state index contributed by atoms with van der Waals surface area (Å²) in [6, 6.07) is 5.03. The molecule has 0 spiro atoms. The second-order valence-electron chi connectivity index (χ2n) is 5.34. The van der Waals surface area contributed by atoms with Gasteiger partial charge in [0.15, 0.2) is 16.8 Å². The predicted molar refractivity (Wildman–Crippen MR) is 98.5 cm³/mol. The van der Waals surface area contributed by atoms with E-state index in [2.05, 4.69) is 20.6 Å². The molecule has 0 aliphatic heterocycles. The summed E-state index contributed by atoms with van der Waals surface area (Å²) in [5, 5.41) is 6.10. The number of hydrogen-bond donors (Lipinski definition) is 2. The van der Waals surface area contributed by atoms with E-state index in [1.807, 2.05) is 6.07 Å². The van der Waals surface area contributed by atoms with Crippen LogP contribution in [0.5, 0.6) is 11.5 Å². The van der Waals surface area contributed by atoms with Gasteiger partial charge >= 0.3 is 0 Å². The minimum Gasteiger partial charge on any atom is -0.494 e. The lowest BCUT2D eigenvalue weighted by Crippen LogP contribution is -2.11. The van der Waals surface area contributed by atoms with Crippen molar-refractivity contribution in [2.45, 2.75) is 13.5 Å². The Kier molecular flexibility index (Phi) is 5.17. The van der Waals surface area contributed by atoms with Gasteiger partial charge in [0.05, 0.1) is 11.8 Å². The first-order valence-corrected chi connectivity index (χ1v) is 8.53. The first kappa shape index (κ1) is 17.9. The number of ether oxygens (including phenoxy) is 2. The van der Waals surface area contributed by atoms with E-state index in [4.69, 9.17) is 9.47 Å². The fraction of sp³-hybridized carbons (Fsp3) is 0.235. The molecule has 9 heteroatoms. The van der Waals surface area contributed by atoms with E-state index < -0.39 is 11.7 Å². The van der Waals surface area contributed by atoms with Crippen LogP contribution in [0.2, 0.25) is 0 Å². The van der Waals surface area contributed by atoms with Gasteiger partial charge in [-0.1, -0.05) is 11.3 Å². The molecule has 0 fully saturated rings. The summed E-state index contributed by atoms with van der Waals surface area (Å²) in [5.74, 6) is -0.0312. The van der Waals surface area contributed by atoms with Crippen molar-refractivity contribution in [2.75, 3.05) is 24.8 Å². The quantitative estimate of drug-likeness (QED) is 0.686. The monoisotopic (exact) mass is 376 g/mol. The van der Waals surface area contributed by atoms with E-state index in [0.29, 0.717) is 11.5 Å². The van der Waals surface area contributed by atoms with E-state index in [0.717, 1.165) is 15.3 Å². The molecule has 7 nitrogen and oxygen atoms in total. The summed E-state index contributed by atoms with van der Waals surface area (Å²) in [6.45, 7) is 1.27. The van der Waals surface area contributed by atoms with Crippen molar-refractivity contribution in [3.05, 3.63) is 35.8 Å². The number of nitrogens with zero attached hydrogens (tertiary/aromatic N) is 2. The fourth-order valence-corrected chi connectivity index (χ4v) is 3.20. The smallest absolute Gasteiger partial charge is 0.222 e. The van der Waals surface area contributed by atoms with E-state index in [1.165, 1.54) is 30.5 Å². The number of benzene rings is 1. The maximum Gasteiger partial charge on any atom is 0.222 e. The zero-order chi connectivity index (χ0) is 18.7. The molecule has 2 heterocycles. The number of pyridine rings is 1. The minimum absolute atomic E-state index is 0.0205. The van der Waals surface area contributed by atoms with Crippen molar-refractivity contribution in [1.29, 1.82) is 0 Å². The molecule has 0 saturated heterocycles. The van der Waals surface area contributed by atoms with Crippen LogP contribution in [0.4, 0.5) is 15.3 Å². The number of aromatic nitrogens is 2. The van der Waals surface area contributed by atoms with Gasteiger partial charge in [0.1, 0.15) is 23.6 Å². The maximum atomic E-state index is 14.4. The van der Waals surface area contributed by atoms with Crippen LogP contribution in [0.15, 0.2) is 24.4 Å². The fourth-order valence-electron chi connectivity index (χ4n) is 2.33. The topological polar surface area (TPSA) is 85.4 Å². The van der Waals surface area contributed by atoms with Crippen molar-refractivity contribution in [3.63, 3.8) is 0 Å². The number of hydrogen-bond acceptors (Lipinski definition) is 7. The summed E-state index contributed by atoms with van der Waals surface area (Å²) in [6.07, 6.45) is 1.42. The van der Waals surface area contributed by atoms with Crippen LogP contribution in [0.1, 0.15) is 12.5 Å². The summed E-state index contributed by atoms with van der Waals surface area (Å²) in [7, 11) is 3.35. The minimum atomic E-state index is -0.619. The Hall–Kier alpha value is -2.94. The van der Waals surface area contributed by atoms with Gasteiger partial charge in [-0.15, -0.1) is 0 Å². The number of carbonyl (C=O) groups is 1. The molecule has 3 rings (SSSR count). The highest BCUT2D eigenvalue weighted by molar-refractivity contribution is 7.22. The molecule has 0 unspecified atom stereocenters. The standard InChI is InChI=1S/C17H17FN4O3S/c1-9(23)21-16-14(18)10(4-5-20-16)8-25-11-6-12(24-3)15-13(7-11)26-17(19-2)22-15/h4-7H,8H2,1-3H3,(H,19,22)(H,20,21,23). The van der Waals surface area contributed by atoms with Crippen molar-refractivity contribution < 1.29 is 18.7 Å². The van der Waals surface area contributed by atoms with E-state index in [-0.39, 0.29) is 18.0 Å². The number of nitrogens with one attached hydrogen (secondary N) is 2. The molecule has 3 aromatic rings. The molecular formula is C17H17FN4O3S. The van der Waals surface area contributed by atoms with Crippen LogP contribution >= 0.6 is 11.3 Å². The summed E-state index contributed by atoms with van der Waals surface area (Å²) >= 11 is 1.46. The Morgan fingerprint density at radius 3 is 2.88 bits per heavy atom. The molecule has 0 aliphatic carbocycles. The van der Waals surface area contributed by atoms with Crippen LogP contribution in [-0.2, 0) is 11.4 Å². The van der Waals surface area contributed by atoms with Crippen molar-refractivity contribution in [1.82, 2.24) is 9.97 Å². The van der Waals surface area contributed by atoms with E-state index >= 15 is 0 Å². The first-order chi connectivity index (χ1) is 12.5. The van der Waals surface area contributed by atoms with Crippen LogP contribution in [0, 0.1) is 5.82 Å². The number of methoxy groups -OCH3 is 1. The number of anilines is 2. The number of carbonyl (C=O) groups excluding carboxylic acids is 1. The zero-order valence-electron chi connectivity index (χ0n) is 14.4. The van der Waals surface area contributed by atoms with Crippen molar-refractivity contribution in [2.24, 2.45) is 0 Å². The highest BCUT2D eigenvalue weighted by Crippen LogP contribution is 2.36. The van der Waals surface area contributed by atoms with Gasteiger partial charge in [0, 0.05) is 31.8 Å². The molecule has 136 valence electrons. The molecule has 2 N–H and O–H groups in total. The number of rotatable bonds is 6. The average molecular weight is 376 g/mol. The third kappa shape index (κ3) is 3.67. The van der Waals surface area contributed by atoms with E-state index in [9.17, 15) is 9.18 Å². The normalized spacial score (nSPS) is 10.6. The number of thiazole rings is 1. The summed E-state index contributed by atoms with van der Waals surface area (Å²) in [4.78, 5) is 19.4. The predicted octanol–water partition coefficient (Wildman–Crippen LogP) is 3.42. The summed E-state index contributed by atoms with van der Waals surface area (Å²) < 4.78 is 26.4. The Morgan fingerprint density at radius 2 is 2.19 bits per heavy atom. The molecule has 26 heavy (non-hydrogen) atoms. The molecule has 0 radical (unpaired) electrons. The number of halogens is 1. The second kappa shape index (κ2) is 7.52. The molecular weight excluding hydrogens is 359 g/mol. The molecule has 0 bridgehead atoms. The van der Waals surface area contributed by atoms with Gasteiger partial charge in [0.25, 0.3) is 0 Å². The summed E-state index contributed by atoms with van der Waals surface area (Å²) in [5.41, 5.74) is 1.01. The Morgan fingerprint density at radius 1 is 1.38 bits per heavy atom. The van der Waals surface area contributed by atoms with Gasteiger partial charge in [-0.05, 0) is 12.1 Å². The molecule has 0 aliphatic rings. The van der Waals surface area contributed by atoms with Gasteiger partial charge in [-0.2, -0.15) is 0 Å². The highest BCUT2D eigenvalue weighted by atomic mass is 32.1. The maximum absolute atomic E-state index is 14.4. The third-order valence-corrected chi connectivity index (χ3v) is 4.55. The molecule has 2 aromatic heterocycles. The lowest BCUT2D eigenvalue weighted by Gasteiger charge is -2.10. The first-order valence-electron chi connectivity index (χ1n) is 7.72. The van der Waals surface area contributed by atoms with Crippen LogP contribution in [0.25, 0.3) is 10.2 Å². The molecule has 1 aromatic carbocycles. The van der Waals surface area contributed by atoms with Gasteiger partial charge in [0.2, 0.25) is 5.91 Å². The second-order valence-corrected chi connectivity index (χ2v) is 6.37. The largest absolute Gasteiger partial charge is 0.494 e. The van der Waals surface area contributed by atoms with Crippen molar-refractivity contribution in [3.8, 4) is 11.5 Å². The number of fused-ring (bicyclic) bond motifs is 1. The Labute approximate surface area is 153 Å². The average Bonchev–Trinajstić information content (AvgIpc) is 3.04. The van der Waals surface area contributed by atoms with Gasteiger partial charge < -0.3 is 20.1 Å². The van der Waals surface area contributed by atoms with Crippen LogP contribution < -0.4 is 20.1 Å². The van der Waals surface area contributed by atoms with Gasteiger partial charge in [-0.25, -0.2) is 14.4 Å². The highest BCUT2D eigenvalue weighted by Gasteiger charge is 2.14. The molecule has 0 saturated carbocycles. The Balaban J connectivity index is 1.85. The SMILES string of the molecule is CNc1nc2c(OC)cc(OCc3ccnc(NC(C)=O)c3F)cc2s1. The number of amides is 1. The van der Waals surface area contributed by atoms with Crippen LogP contribution in [0.3, 0.4) is 0 Å². The van der Waals surface area contributed by atoms with Crippen molar-refractivity contribution >= 4 is 38.4 Å². The Bertz CT molecular complexity index is 961. The van der Waals surface area contributed by atoms with Crippen LogP contribution in [-0.4, -0.2) is 30.0 Å².